The molecule has 1 aliphatic heterocycles. The van der Waals surface area contributed by atoms with E-state index in [0.717, 1.165) is 24.3 Å². The third-order valence-corrected chi connectivity index (χ3v) is 3.87. The van der Waals surface area contributed by atoms with Crippen LogP contribution < -0.4 is 15.4 Å². The first kappa shape index (κ1) is 15.8. The summed E-state index contributed by atoms with van der Waals surface area (Å²) in [5.41, 5.74) is 6.45. The average Bonchev–Trinajstić information content (AvgIpc) is 2.94. The van der Waals surface area contributed by atoms with Gasteiger partial charge in [-0.15, -0.1) is 0 Å². The van der Waals surface area contributed by atoms with Gasteiger partial charge in [0.25, 0.3) is 5.91 Å². The van der Waals surface area contributed by atoms with Gasteiger partial charge < -0.3 is 20.1 Å². The Morgan fingerprint density at radius 1 is 1.43 bits per heavy atom. The molecule has 1 aliphatic rings. The maximum Gasteiger partial charge on any atom is 0.256 e. The second kappa shape index (κ2) is 7.43. The minimum Gasteiger partial charge on any atom is -0.497 e. The van der Waals surface area contributed by atoms with Crippen molar-refractivity contribution >= 4 is 11.6 Å². The Balaban J connectivity index is 2.17. The normalized spacial score (nSPS) is 21.3. The number of nitrogens with zero attached hydrogens (tertiary/aromatic N) is 1. The molecule has 116 valence electrons. The van der Waals surface area contributed by atoms with E-state index < -0.39 is 0 Å². The number of hydrogen-bond donors (Lipinski definition) is 1. The molecular formula is C16H24N2O3. The molecule has 1 heterocycles. The molecule has 2 N–H and O–H groups in total. The van der Waals surface area contributed by atoms with Gasteiger partial charge in [0.1, 0.15) is 11.9 Å². The molecule has 0 aromatic heterocycles. The van der Waals surface area contributed by atoms with Crippen LogP contribution in [0.3, 0.4) is 0 Å². The Morgan fingerprint density at radius 3 is 2.67 bits per heavy atom. The Labute approximate surface area is 126 Å². The number of nitrogens with two attached hydrogens (primary N) is 1. The van der Waals surface area contributed by atoms with Gasteiger partial charge in [-0.2, -0.15) is 0 Å². The van der Waals surface area contributed by atoms with Gasteiger partial charge in [0.15, 0.2) is 0 Å². The van der Waals surface area contributed by atoms with Crippen molar-refractivity contribution in [2.45, 2.75) is 25.9 Å². The minimum atomic E-state index is -0.343. The first-order valence-corrected chi connectivity index (χ1v) is 7.44. The smallest absolute Gasteiger partial charge is 0.256 e. The van der Waals surface area contributed by atoms with Gasteiger partial charge in [0.2, 0.25) is 0 Å². The Bertz CT molecular complexity index is 461. The molecule has 0 spiro atoms. The zero-order valence-corrected chi connectivity index (χ0v) is 12.7. The zero-order valence-electron chi connectivity index (χ0n) is 12.7. The molecule has 5 nitrogen and oxygen atoms in total. The third kappa shape index (κ3) is 3.74. The fourth-order valence-corrected chi connectivity index (χ4v) is 2.54. The van der Waals surface area contributed by atoms with Crippen LogP contribution in [-0.2, 0) is 9.53 Å². The molecule has 2 unspecified atom stereocenters. The highest BCUT2D eigenvalue weighted by molar-refractivity contribution is 5.97. The number of amides is 1. The Kier molecular flexibility index (Phi) is 5.59. The highest BCUT2D eigenvalue weighted by atomic mass is 16.5. The van der Waals surface area contributed by atoms with Crippen molar-refractivity contribution in [3.8, 4) is 5.75 Å². The standard InChI is InChI=1S/C16H24N2O3/c1-12-8-11-21-15(12)16(19)18(10-3-9-17)13-4-6-14(20-2)7-5-13/h4-7,12,15H,3,8-11,17H2,1-2H3. The van der Waals surface area contributed by atoms with Gasteiger partial charge in [-0.05, 0) is 49.6 Å². The molecule has 1 amide bonds. The van der Waals surface area contributed by atoms with Crippen LogP contribution >= 0.6 is 0 Å². The molecule has 0 saturated carbocycles. The van der Waals surface area contributed by atoms with E-state index in [1.807, 2.05) is 24.3 Å². The summed E-state index contributed by atoms with van der Waals surface area (Å²) >= 11 is 0. The fraction of sp³-hybridized carbons (Fsp3) is 0.562. The molecule has 2 rings (SSSR count). The first-order valence-electron chi connectivity index (χ1n) is 7.44. The van der Waals surface area contributed by atoms with E-state index in [2.05, 4.69) is 6.92 Å². The zero-order chi connectivity index (χ0) is 15.2. The Morgan fingerprint density at radius 2 is 2.14 bits per heavy atom. The van der Waals surface area contributed by atoms with E-state index in [4.69, 9.17) is 15.2 Å². The summed E-state index contributed by atoms with van der Waals surface area (Å²) in [5.74, 6) is 1.06. The average molecular weight is 292 g/mol. The van der Waals surface area contributed by atoms with E-state index in [1.54, 1.807) is 12.0 Å². The number of carbonyl (C=O) groups excluding carboxylic acids is 1. The van der Waals surface area contributed by atoms with Crippen LogP contribution in [0.15, 0.2) is 24.3 Å². The summed E-state index contributed by atoms with van der Waals surface area (Å²) in [6.45, 7) is 3.88. The molecule has 1 aromatic rings. The summed E-state index contributed by atoms with van der Waals surface area (Å²) in [7, 11) is 1.63. The lowest BCUT2D eigenvalue weighted by Gasteiger charge is -2.27. The van der Waals surface area contributed by atoms with Crippen LogP contribution in [0.1, 0.15) is 19.8 Å². The molecule has 0 radical (unpaired) electrons. The Hall–Kier alpha value is -1.59. The van der Waals surface area contributed by atoms with Gasteiger partial charge in [-0.25, -0.2) is 0 Å². The monoisotopic (exact) mass is 292 g/mol. The van der Waals surface area contributed by atoms with Crippen molar-refractivity contribution in [1.82, 2.24) is 0 Å². The van der Waals surface area contributed by atoms with Gasteiger partial charge in [0, 0.05) is 18.8 Å². The van der Waals surface area contributed by atoms with Gasteiger partial charge in [-0.3, -0.25) is 4.79 Å². The second-order valence-electron chi connectivity index (χ2n) is 5.39. The number of hydrogen-bond acceptors (Lipinski definition) is 4. The van der Waals surface area contributed by atoms with Gasteiger partial charge in [-0.1, -0.05) is 6.92 Å². The summed E-state index contributed by atoms with van der Waals surface area (Å²) in [6, 6.07) is 7.51. The van der Waals surface area contributed by atoms with Crippen LogP contribution in [0.2, 0.25) is 0 Å². The lowest BCUT2D eigenvalue weighted by atomic mass is 10.0. The lowest BCUT2D eigenvalue weighted by Crippen LogP contribution is -2.42. The predicted molar refractivity (Wildman–Crippen MR) is 82.5 cm³/mol. The van der Waals surface area contributed by atoms with E-state index in [0.29, 0.717) is 19.7 Å². The summed E-state index contributed by atoms with van der Waals surface area (Å²) in [5, 5.41) is 0. The predicted octanol–water partition coefficient (Wildman–Crippen LogP) is 1.80. The van der Waals surface area contributed by atoms with E-state index in [1.165, 1.54) is 0 Å². The first-order chi connectivity index (χ1) is 10.2. The molecule has 1 aromatic carbocycles. The quantitative estimate of drug-likeness (QED) is 0.868. The summed E-state index contributed by atoms with van der Waals surface area (Å²) in [4.78, 5) is 14.5. The van der Waals surface area contributed by atoms with Crippen molar-refractivity contribution < 1.29 is 14.3 Å². The molecule has 2 atom stereocenters. The van der Waals surface area contributed by atoms with Crippen molar-refractivity contribution in [3.63, 3.8) is 0 Å². The van der Waals surface area contributed by atoms with Gasteiger partial charge in [0.05, 0.1) is 7.11 Å². The molecule has 21 heavy (non-hydrogen) atoms. The number of methoxy groups -OCH3 is 1. The molecule has 5 heteroatoms. The van der Waals surface area contributed by atoms with Crippen molar-refractivity contribution in [2.24, 2.45) is 11.7 Å². The van der Waals surface area contributed by atoms with Crippen LogP contribution in [0.4, 0.5) is 5.69 Å². The van der Waals surface area contributed by atoms with Crippen molar-refractivity contribution in [3.05, 3.63) is 24.3 Å². The minimum absolute atomic E-state index is 0.0265. The second-order valence-corrected chi connectivity index (χ2v) is 5.39. The van der Waals surface area contributed by atoms with Crippen LogP contribution in [0.5, 0.6) is 5.75 Å². The van der Waals surface area contributed by atoms with Crippen LogP contribution in [0, 0.1) is 5.92 Å². The number of anilines is 1. The number of carbonyl (C=O) groups is 1. The molecule has 0 bridgehead atoms. The van der Waals surface area contributed by atoms with Gasteiger partial charge >= 0.3 is 0 Å². The molecular weight excluding hydrogens is 268 g/mol. The molecule has 1 saturated heterocycles. The van der Waals surface area contributed by atoms with E-state index in [9.17, 15) is 4.79 Å². The number of rotatable bonds is 6. The SMILES string of the molecule is COc1ccc(N(CCCN)C(=O)C2OCCC2C)cc1. The van der Waals surface area contributed by atoms with Crippen LogP contribution in [0.25, 0.3) is 0 Å². The van der Waals surface area contributed by atoms with Crippen molar-refractivity contribution in [2.75, 3.05) is 31.7 Å². The van der Waals surface area contributed by atoms with E-state index >= 15 is 0 Å². The van der Waals surface area contributed by atoms with Crippen molar-refractivity contribution in [1.29, 1.82) is 0 Å². The van der Waals surface area contributed by atoms with E-state index in [-0.39, 0.29) is 17.9 Å². The largest absolute Gasteiger partial charge is 0.497 e. The topological polar surface area (TPSA) is 64.8 Å². The third-order valence-electron chi connectivity index (χ3n) is 3.87. The lowest BCUT2D eigenvalue weighted by molar-refractivity contribution is -0.128. The highest BCUT2D eigenvalue weighted by Gasteiger charge is 2.34. The summed E-state index contributed by atoms with van der Waals surface area (Å²) in [6.07, 6.45) is 1.35. The number of ether oxygens (including phenoxy) is 2. The highest BCUT2D eigenvalue weighted by Crippen LogP contribution is 2.26. The maximum absolute atomic E-state index is 12.7. The number of benzene rings is 1. The molecule has 0 aliphatic carbocycles. The van der Waals surface area contributed by atoms with Crippen LogP contribution in [-0.4, -0.2) is 38.8 Å². The fourth-order valence-electron chi connectivity index (χ4n) is 2.54. The molecule has 1 fully saturated rings. The summed E-state index contributed by atoms with van der Waals surface area (Å²) < 4.78 is 10.8. The maximum atomic E-state index is 12.7.